The molecule has 7 heteroatoms. The number of nitriles is 1. The number of aromatic nitrogens is 2. The van der Waals surface area contributed by atoms with Crippen molar-refractivity contribution in [2.75, 3.05) is 18.0 Å². The lowest BCUT2D eigenvalue weighted by Gasteiger charge is -2.37. The van der Waals surface area contributed by atoms with Crippen LogP contribution in [0.25, 0.3) is 11.1 Å². The Kier molecular flexibility index (Phi) is 7.40. The largest absolute Gasteiger partial charge is 0.489 e. The fraction of sp³-hybridized carbons (Fsp3) is 0.343. The van der Waals surface area contributed by atoms with Gasteiger partial charge in [-0.3, -0.25) is 0 Å². The highest BCUT2D eigenvalue weighted by atomic mass is 19.1. The number of benzene rings is 3. The van der Waals surface area contributed by atoms with Gasteiger partial charge in [0.1, 0.15) is 24.0 Å². The molecule has 0 bridgehead atoms. The predicted molar refractivity (Wildman–Crippen MR) is 159 cm³/mol. The summed E-state index contributed by atoms with van der Waals surface area (Å²) in [6, 6.07) is 21.1. The van der Waals surface area contributed by atoms with E-state index in [-0.39, 0.29) is 17.7 Å². The van der Waals surface area contributed by atoms with Crippen LogP contribution in [0, 0.1) is 42.7 Å². The second-order valence-corrected chi connectivity index (χ2v) is 11.7. The lowest BCUT2D eigenvalue weighted by molar-refractivity contribution is 0.292. The zero-order valence-corrected chi connectivity index (χ0v) is 24.3. The zero-order chi connectivity index (χ0) is 29.4. The van der Waals surface area contributed by atoms with Gasteiger partial charge >= 0.3 is 0 Å². The van der Waals surface area contributed by atoms with Crippen molar-refractivity contribution >= 4 is 5.95 Å². The molecule has 0 amide bonds. The minimum atomic E-state index is -0.660. The topological polar surface area (TPSA) is 62.0 Å². The van der Waals surface area contributed by atoms with Gasteiger partial charge in [-0.15, -0.1) is 0 Å². The molecule has 1 saturated heterocycles. The molecule has 2 heterocycles. The Hall–Kier alpha value is -4.31. The molecule has 5 nitrogen and oxygen atoms in total. The Balaban J connectivity index is 1.22. The molecule has 2 aliphatic rings. The number of piperidine rings is 1. The van der Waals surface area contributed by atoms with Crippen LogP contribution < -0.4 is 9.64 Å². The third-order valence-corrected chi connectivity index (χ3v) is 8.85. The van der Waals surface area contributed by atoms with Crippen LogP contribution in [-0.4, -0.2) is 23.1 Å². The minimum Gasteiger partial charge on any atom is -0.489 e. The van der Waals surface area contributed by atoms with Crippen LogP contribution in [0.15, 0.2) is 60.7 Å². The van der Waals surface area contributed by atoms with Crippen LogP contribution in [0.3, 0.4) is 0 Å². The van der Waals surface area contributed by atoms with Gasteiger partial charge in [0.2, 0.25) is 5.95 Å². The molecule has 1 aliphatic heterocycles. The summed E-state index contributed by atoms with van der Waals surface area (Å²) in [6.45, 7) is 6.92. The fourth-order valence-corrected chi connectivity index (χ4v) is 6.52. The SMILES string of the molecule is Cc1nc(N2CCC(C#N)(c3ccccc3)CC2)nc(C)c1-c1ccc(F)c(COc2ccc3c(c2)CC(C)C3)c1F. The van der Waals surface area contributed by atoms with E-state index in [2.05, 4.69) is 17.9 Å². The molecule has 3 aromatic carbocycles. The molecule has 4 aromatic rings. The molecule has 1 aliphatic carbocycles. The molecule has 214 valence electrons. The highest BCUT2D eigenvalue weighted by Crippen LogP contribution is 2.37. The van der Waals surface area contributed by atoms with E-state index in [9.17, 15) is 9.65 Å². The molecular weight excluding hydrogens is 530 g/mol. The summed E-state index contributed by atoms with van der Waals surface area (Å²) >= 11 is 0. The molecule has 1 unspecified atom stereocenters. The van der Waals surface area contributed by atoms with Crippen molar-refractivity contribution in [3.63, 3.8) is 0 Å². The van der Waals surface area contributed by atoms with Crippen LogP contribution in [0.1, 0.15) is 53.4 Å². The van der Waals surface area contributed by atoms with Crippen molar-refractivity contribution in [3.05, 3.63) is 106 Å². The van der Waals surface area contributed by atoms with Crippen molar-refractivity contribution < 1.29 is 13.5 Å². The quantitative estimate of drug-likeness (QED) is 0.244. The number of halogens is 2. The van der Waals surface area contributed by atoms with Gasteiger partial charge in [-0.2, -0.15) is 5.26 Å². The first-order valence-corrected chi connectivity index (χ1v) is 14.6. The first kappa shape index (κ1) is 27.8. The van der Waals surface area contributed by atoms with Crippen molar-refractivity contribution in [1.82, 2.24) is 9.97 Å². The molecule has 0 radical (unpaired) electrons. The summed E-state index contributed by atoms with van der Waals surface area (Å²) in [6.07, 6.45) is 3.36. The van der Waals surface area contributed by atoms with Gasteiger partial charge in [0.05, 0.1) is 28.4 Å². The van der Waals surface area contributed by atoms with E-state index >= 15 is 4.39 Å². The summed E-state index contributed by atoms with van der Waals surface area (Å²) in [7, 11) is 0. The van der Waals surface area contributed by atoms with Crippen LogP contribution in [0.4, 0.5) is 14.7 Å². The Morgan fingerprint density at radius 3 is 2.33 bits per heavy atom. The molecule has 1 atom stereocenters. The standard InChI is InChI=1S/C35H34F2N4O/c1-22-17-25-9-10-28(19-26(25)18-22)42-20-30-31(36)12-11-29(33(30)37)32-23(2)39-34(40-24(32)3)41-15-13-35(21-38,14-16-41)27-7-5-4-6-8-27/h4-12,19,22H,13-18,20H2,1-3H3. The lowest BCUT2D eigenvalue weighted by atomic mass is 9.74. The molecule has 0 N–H and O–H groups in total. The van der Waals surface area contributed by atoms with E-state index in [1.807, 2.05) is 62.4 Å². The van der Waals surface area contributed by atoms with E-state index in [0.29, 0.717) is 60.5 Å². The predicted octanol–water partition coefficient (Wildman–Crippen LogP) is 7.41. The Labute approximate surface area is 245 Å². The van der Waals surface area contributed by atoms with Crippen LogP contribution >= 0.6 is 0 Å². The number of rotatable bonds is 6. The van der Waals surface area contributed by atoms with Gasteiger partial charge in [0.15, 0.2) is 0 Å². The maximum Gasteiger partial charge on any atom is 0.225 e. The molecular formula is C35H34F2N4O. The number of aryl methyl sites for hydroxylation is 2. The van der Waals surface area contributed by atoms with Crippen LogP contribution in [-0.2, 0) is 24.9 Å². The molecule has 1 aromatic heterocycles. The number of anilines is 1. The van der Waals surface area contributed by atoms with Crippen molar-refractivity contribution in [2.24, 2.45) is 5.92 Å². The molecule has 42 heavy (non-hydrogen) atoms. The number of hydrogen-bond acceptors (Lipinski definition) is 5. The third-order valence-electron chi connectivity index (χ3n) is 8.85. The summed E-state index contributed by atoms with van der Waals surface area (Å²) in [5, 5.41) is 10.0. The van der Waals surface area contributed by atoms with Crippen molar-refractivity contribution in [3.8, 4) is 22.9 Å². The molecule has 0 spiro atoms. The van der Waals surface area contributed by atoms with Gasteiger partial charge in [-0.05, 0) is 86.4 Å². The van der Waals surface area contributed by atoms with Crippen LogP contribution in [0.2, 0.25) is 0 Å². The Morgan fingerprint density at radius 1 is 0.952 bits per heavy atom. The normalized spacial score (nSPS) is 17.5. The van der Waals surface area contributed by atoms with Crippen molar-refractivity contribution in [2.45, 2.75) is 58.5 Å². The fourth-order valence-electron chi connectivity index (χ4n) is 6.52. The lowest BCUT2D eigenvalue weighted by Crippen LogP contribution is -2.42. The average Bonchev–Trinajstić information content (AvgIpc) is 3.37. The Bertz CT molecular complexity index is 1650. The number of nitrogens with zero attached hydrogens (tertiary/aromatic N) is 4. The summed E-state index contributed by atoms with van der Waals surface area (Å²) in [5.74, 6) is 0.461. The smallest absolute Gasteiger partial charge is 0.225 e. The highest BCUT2D eigenvalue weighted by Gasteiger charge is 2.37. The first-order valence-electron chi connectivity index (χ1n) is 14.6. The van der Waals surface area contributed by atoms with Gasteiger partial charge in [0, 0.05) is 24.2 Å². The average molecular weight is 565 g/mol. The summed E-state index contributed by atoms with van der Waals surface area (Å²) < 4.78 is 36.6. The van der Waals surface area contributed by atoms with E-state index < -0.39 is 17.0 Å². The van der Waals surface area contributed by atoms with E-state index in [1.165, 1.54) is 23.3 Å². The third kappa shape index (κ3) is 5.11. The van der Waals surface area contributed by atoms with E-state index in [4.69, 9.17) is 14.7 Å². The van der Waals surface area contributed by atoms with E-state index in [1.54, 1.807) is 0 Å². The molecule has 0 saturated carbocycles. The van der Waals surface area contributed by atoms with Gasteiger partial charge in [-0.1, -0.05) is 43.3 Å². The Morgan fingerprint density at radius 2 is 1.64 bits per heavy atom. The highest BCUT2D eigenvalue weighted by molar-refractivity contribution is 5.70. The maximum atomic E-state index is 15.9. The zero-order valence-electron chi connectivity index (χ0n) is 24.3. The van der Waals surface area contributed by atoms with Crippen molar-refractivity contribution in [1.29, 1.82) is 5.26 Å². The molecule has 6 rings (SSSR count). The summed E-state index contributed by atoms with van der Waals surface area (Å²) in [4.78, 5) is 11.6. The van der Waals surface area contributed by atoms with Gasteiger partial charge in [0.25, 0.3) is 0 Å². The number of ether oxygens (including phenoxy) is 1. The van der Waals surface area contributed by atoms with E-state index in [0.717, 1.165) is 18.4 Å². The van der Waals surface area contributed by atoms with Crippen LogP contribution in [0.5, 0.6) is 5.75 Å². The second-order valence-electron chi connectivity index (χ2n) is 11.7. The monoisotopic (exact) mass is 564 g/mol. The number of hydrogen-bond donors (Lipinski definition) is 0. The van der Waals surface area contributed by atoms with Gasteiger partial charge < -0.3 is 9.64 Å². The first-order chi connectivity index (χ1) is 20.3. The maximum absolute atomic E-state index is 15.9. The second kappa shape index (κ2) is 11.2. The number of fused-ring (bicyclic) bond motifs is 1. The molecule has 1 fully saturated rings. The minimum absolute atomic E-state index is 0.117. The van der Waals surface area contributed by atoms with Gasteiger partial charge in [-0.25, -0.2) is 18.7 Å². The summed E-state index contributed by atoms with van der Waals surface area (Å²) in [5.41, 5.74) is 4.98.